The second-order valence-electron chi connectivity index (χ2n) is 4.83. The van der Waals surface area contributed by atoms with Crippen LogP contribution in [0.1, 0.15) is 32.6 Å². The van der Waals surface area contributed by atoms with Gasteiger partial charge in [0.15, 0.2) is 11.6 Å². The fourth-order valence-corrected chi connectivity index (χ4v) is 2.47. The van der Waals surface area contributed by atoms with Gasteiger partial charge in [-0.05, 0) is 44.2 Å². The second kappa shape index (κ2) is 7.36. The number of esters is 1. The minimum absolute atomic E-state index is 0.00278. The van der Waals surface area contributed by atoms with Gasteiger partial charge in [-0.15, -0.1) is 0 Å². The Morgan fingerprint density at radius 2 is 2.48 bits per heavy atom. The SMILES string of the molecule is CCOC(=O)C=C1CCC[C@H](Nc2nc(Cl)ncc2F)C1. The molecule has 0 amide bonds. The van der Waals surface area contributed by atoms with E-state index < -0.39 is 5.82 Å². The first-order valence-electron chi connectivity index (χ1n) is 6.89. The molecule has 0 spiro atoms. The average Bonchev–Trinajstić information content (AvgIpc) is 2.43. The van der Waals surface area contributed by atoms with Crippen LogP contribution in [0.15, 0.2) is 17.8 Å². The molecular formula is C14H17ClFN3O2. The molecule has 0 saturated heterocycles. The van der Waals surface area contributed by atoms with E-state index in [4.69, 9.17) is 16.3 Å². The average molecular weight is 314 g/mol. The molecule has 1 aromatic rings. The van der Waals surface area contributed by atoms with Crippen LogP contribution < -0.4 is 5.32 Å². The van der Waals surface area contributed by atoms with Gasteiger partial charge in [0.25, 0.3) is 0 Å². The van der Waals surface area contributed by atoms with E-state index in [0.717, 1.165) is 31.0 Å². The van der Waals surface area contributed by atoms with Gasteiger partial charge in [0, 0.05) is 12.1 Å². The summed E-state index contributed by atoms with van der Waals surface area (Å²) in [6.45, 7) is 2.12. The summed E-state index contributed by atoms with van der Waals surface area (Å²) in [5.74, 6) is -0.775. The van der Waals surface area contributed by atoms with Crippen LogP contribution in [-0.4, -0.2) is 28.6 Å². The van der Waals surface area contributed by atoms with Gasteiger partial charge in [0.2, 0.25) is 5.28 Å². The standard InChI is InChI=1S/C14H17ClFN3O2/c1-2-21-12(20)7-9-4-3-5-10(6-9)18-13-11(16)8-17-14(15)19-13/h7-8,10H,2-6H2,1H3,(H,17,18,19)/t10-/m0/s1. The molecular weight excluding hydrogens is 297 g/mol. The maximum atomic E-state index is 13.6. The number of carbonyl (C=O) groups excluding carboxylic acids is 1. The highest BCUT2D eigenvalue weighted by molar-refractivity contribution is 6.28. The highest BCUT2D eigenvalue weighted by Crippen LogP contribution is 2.26. The fraction of sp³-hybridized carbons (Fsp3) is 0.500. The molecule has 1 N–H and O–H groups in total. The number of ether oxygens (including phenoxy) is 1. The third-order valence-corrected chi connectivity index (χ3v) is 3.41. The molecule has 1 heterocycles. The quantitative estimate of drug-likeness (QED) is 0.525. The van der Waals surface area contributed by atoms with Crippen LogP contribution in [-0.2, 0) is 9.53 Å². The molecule has 21 heavy (non-hydrogen) atoms. The molecule has 1 saturated carbocycles. The Morgan fingerprint density at radius 1 is 1.67 bits per heavy atom. The van der Waals surface area contributed by atoms with E-state index in [1.54, 1.807) is 6.92 Å². The zero-order valence-electron chi connectivity index (χ0n) is 11.7. The first-order valence-corrected chi connectivity index (χ1v) is 7.27. The summed E-state index contributed by atoms with van der Waals surface area (Å²) in [4.78, 5) is 18.9. The molecule has 1 fully saturated rings. The third-order valence-electron chi connectivity index (χ3n) is 3.22. The Labute approximate surface area is 127 Å². The van der Waals surface area contributed by atoms with E-state index in [2.05, 4.69) is 15.3 Å². The summed E-state index contributed by atoms with van der Waals surface area (Å²) in [5.41, 5.74) is 0.998. The Bertz CT molecular complexity index is 551. The van der Waals surface area contributed by atoms with Gasteiger partial charge in [0.1, 0.15) is 0 Å². The lowest BCUT2D eigenvalue weighted by atomic mass is 9.90. The molecule has 1 aliphatic carbocycles. The van der Waals surface area contributed by atoms with Crippen LogP contribution in [0.2, 0.25) is 5.28 Å². The van der Waals surface area contributed by atoms with Crippen molar-refractivity contribution < 1.29 is 13.9 Å². The molecule has 1 aromatic heterocycles. The van der Waals surface area contributed by atoms with Gasteiger partial charge < -0.3 is 10.1 Å². The van der Waals surface area contributed by atoms with E-state index in [1.165, 1.54) is 6.08 Å². The first kappa shape index (κ1) is 15.7. The predicted octanol–water partition coefficient (Wildman–Crippen LogP) is 3.11. The zero-order chi connectivity index (χ0) is 15.2. The molecule has 7 heteroatoms. The third kappa shape index (κ3) is 4.67. The van der Waals surface area contributed by atoms with Crippen molar-refractivity contribution in [1.29, 1.82) is 0 Å². The normalized spacial score (nSPS) is 20.3. The number of hydrogen-bond acceptors (Lipinski definition) is 5. The predicted molar refractivity (Wildman–Crippen MR) is 77.6 cm³/mol. The van der Waals surface area contributed by atoms with Crippen LogP contribution in [0, 0.1) is 5.82 Å². The summed E-state index contributed by atoms with van der Waals surface area (Å²) in [6, 6.07) is 0.0138. The van der Waals surface area contributed by atoms with Crippen molar-refractivity contribution in [2.75, 3.05) is 11.9 Å². The van der Waals surface area contributed by atoms with Crippen molar-refractivity contribution in [1.82, 2.24) is 9.97 Å². The molecule has 5 nitrogen and oxygen atoms in total. The summed E-state index contributed by atoms with van der Waals surface area (Å²) in [6.07, 6.45) is 5.87. The lowest BCUT2D eigenvalue weighted by Gasteiger charge is -2.25. The minimum Gasteiger partial charge on any atom is -0.463 e. The highest BCUT2D eigenvalue weighted by atomic mass is 35.5. The molecule has 2 rings (SSSR count). The molecule has 1 aliphatic rings. The molecule has 0 unspecified atom stereocenters. The van der Waals surface area contributed by atoms with Gasteiger partial charge in [0.05, 0.1) is 12.8 Å². The number of rotatable bonds is 4. The number of nitrogens with one attached hydrogen (secondary N) is 1. The Kier molecular flexibility index (Phi) is 5.50. The Balaban J connectivity index is 2.01. The highest BCUT2D eigenvalue weighted by Gasteiger charge is 2.20. The maximum absolute atomic E-state index is 13.6. The second-order valence-corrected chi connectivity index (χ2v) is 5.17. The Hall–Kier alpha value is -1.69. The van der Waals surface area contributed by atoms with Crippen LogP contribution >= 0.6 is 11.6 Å². The van der Waals surface area contributed by atoms with Gasteiger partial charge in [-0.2, -0.15) is 4.98 Å². The summed E-state index contributed by atoms with van der Waals surface area (Å²) in [5, 5.41) is 3.02. The van der Waals surface area contributed by atoms with Crippen LogP contribution in [0.25, 0.3) is 0 Å². The molecule has 1 atom stereocenters. The number of hydrogen-bond donors (Lipinski definition) is 1. The number of anilines is 1. The van der Waals surface area contributed by atoms with E-state index >= 15 is 0 Å². The first-order chi connectivity index (χ1) is 10.1. The zero-order valence-corrected chi connectivity index (χ0v) is 12.5. The van der Waals surface area contributed by atoms with Gasteiger partial charge >= 0.3 is 5.97 Å². The number of carbonyl (C=O) groups is 1. The molecule has 0 aliphatic heterocycles. The van der Waals surface area contributed by atoms with Crippen molar-refractivity contribution in [3.05, 3.63) is 28.9 Å². The largest absolute Gasteiger partial charge is 0.463 e. The molecule has 0 bridgehead atoms. The van der Waals surface area contributed by atoms with Gasteiger partial charge in [-0.3, -0.25) is 0 Å². The maximum Gasteiger partial charge on any atom is 0.330 e. The van der Waals surface area contributed by atoms with E-state index in [-0.39, 0.29) is 23.1 Å². The summed E-state index contributed by atoms with van der Waals surface area (Å²) < 4.78 is 18.5. The van der Waals surface area contributed by atoms with Gasteiger partial charge in [-0.25, -0.2) is 14.2 Å². The molecule has 0 aromatic carbocycles. The smallest absolute Gasteiger partial charge is 0.330 e. The van der Waals surface area contributed by atoms with E-state index in [0.29, 0.717) is 13.0 Å². The van der Waals surface area contributed by atoms with Crippen molar-refractivity contribution in [3.8, 4) is 0 Å². The summed E-state index contributed by atoms with van der Waals surface area (Å²) >= 11 is 5.67. The number of aromatic nitrogens is 2. The van der Waals surface area contributed by atoms with E-state index in [1.807, 2.05) is 0 Å². The monoisotopic (exact) mass is 313 g/mol. The van der Waals surface area contributed by atoms with Crippen LogP contribution in [0.4, 0.5) is 10.2 Å². The van der Waals surface area contributed by atoms with Gasteiger partial charge in [-0.1, -0.05) is 5.57 Å². The van der Waals surface area contributed by atoms with Crippen LogP contribution in [0.5, 0.6) is 0 Å². The number of halogens is 2. The van der Waals surface area contributed by atoms with E-state index in [9.17, 15) is 9.18 Å². The molecule has 114 valence electrons. The topological polar surface area (TPSA) is 64.1 Å². The van der Waals surface area contributed by atoms with Crippen molar-refractivity contribution >= 4 is 23.4 Å². The lowest BCUT2D eigenvalue weighted by Crippen LogP contribution is -2.25. The Morgan fingerprint density at radius 3 is 3.24 bits per heavy atom. The van der Waals surface area contributed by atoms with Crippen molar-refractivity contribution in [2.24, 2.45) is 0 Å². The van der Waals surface area contributed by atoms with Crippen LogP contribution in [0.3, 0.4) is 0 Å². The minimum atomic E-state index is -0.541. The van der Waals surface area contributed by atoms with Crippen molar-refractivity contribution in [2.45, 2.75) is 38.6 Å². The number of nitrogens with zero attached hydrogens (tertiary/aromatic N) is 2. The molecule has 0 radical (unpaired) electrons. The lowest BCUT2D eigenvalue weighted by molar-refractivity contribution is -0.137. The fourth-order valence-electron chi connectivity index (χ4n) is 2.34. The summed E-state index contributed by atoms with van der Waals surface area (Å²) in [7, 11) is 0. The van der Waals surface area contributed by atoms with Crippen molar-refractivity contribution in [3.63, 3.8) is 0 Å².